The van der Waals surface area contributed by atoms with E-state index < -0.39 is 12.0 Å². The minimum atomic E-state index is -4.54. The fourth-order valence-corrected chi connectivity index (χ4v) is 2.06. The van der Waals surface area contributed by atoms with E-state index in [0.717, 1.165) is 11.3 Å². The van der Waals surface area contributed by atoms with E-state index in [-0.39, 0.29) is 11.2 Å². The lowest BCUT2D eigenvalue weighted by Crippen LogP contribution is -2.11. The molecule has 3 nitrogen and oxygen atoms in total. The standard InChI is InChI=1S/C14H10F3N3/c1-8-12-11(20-13(18-8)14(15,16)17)7-10(19-12)9-5-3-2-4-6-9/h2-7,19H,1H3. The summed E-state index contributed by atoms with van der Waals surface area (Å²) in [5, 5.41) is 0. The first-order valence-electron chi connectivity index (χ1n) is 5.95. The smallest absolute Gasteiger partial charge is 0.352 e. The zero-order valence-electron chi connectivity index (χ0n) is 10.5. The molecule has 1 aromatic carbocycles. The van der Waals surface area contributed by atoms with E-state index in [1.54, 1.807) is 6.07 Å². The monoisotopic (exact) mass is 277 g/mol. The van der Waals surface area contributed by atoms with Crippen LogP contribution >= 0.6 is 0 Å². The van der Waals surface area contributed by atoms with E-state index in [1.165, 1.54) is 6.92 Å². The van der Waals surface area contributed by atoms with Gasteiger partial charge in [0.25, 0.3) is 0 Å². The van der Waals surface area contributed by atoms with Gasteiger partial charge in [0.05, 0.1) is 16.7 Å². The van der Waals surface area contributed by atoms with Gasteiger partial charge < -0.3 is 4.98 Å². The highest BCUT2D eigenvalue weighted by molar-refractivity contribution is 5.84. The second kappa shape index (κ2) is 4.33. The number of nitrogens with one attached hydrogen (secondary N) is 1. The normalized spacial score (nSPS) is 12.0. The molecule has 0 aliphatic rings. The van der Waals surface area contributed by atoms with Crippen LogP contribution in [0.2, 0.25) is 0 Å². The van der Waals surface area contributed by atoms with Crippen molar-refractivity contribution in [2.75, 3.05) is 0 Å². The summed E-state index contributed by atoms with van der Waals surface area (Å²) >= 11 is 0. The molecule has 3 aromatic rings. The molecule has 20 heavy (non-hydrogen) atoms. The van der Waals surface area contributed by atoms with Crippen molar-refractivity contribution < 1.29 is 13.2 Å². The third kappa shape index (κ3) is 2.13. The second-order valence-electron chi connectivity index (χ2n) is 4.44. The Morgan fingerprint density at radius 3 is 2.40 bits per heavy atom. The first kappa shape index (κ1) is 12.7. The molecule has 2 aromatic heterocycles. The first-order chi connectivity index (χ1) is 9.45. The number of H-pyrrole nitrogens is 1. The Balaban J connectivity index is 2.19. The molecule has 102 valence electrons. The number of aromatic amines is 1. The number of nitrogens with zero attached hydrogens (tertiary/aromatic N) is 2. The van der Waals surface area contributed by atoms with Crippen molar-refractivity contribution in [2.45, 2.75) is 13.1 Å². The number of rotatable bonds is 1. The highest BCUT2D eigenvalue weighted by Crippen LogP contribution is 2.30. The molecule has 0 atom stereocenters. The molecular formula is C14H10F3N3. The van der Waals surface area contributed by atoms with Crippen molar-refractivity contribution in [3.8, 4) is 11.3 Å². The van der Waals surface area contributed by atoms with Gasteiger partial charge in [-0.15, -0.1) is 0 Å². The predicted molar refractivity (Wildman–Crippen MR) is 69.1 cm³/mol. The SMILES string of the molecule is Cc1nc(C(F)(F)F)nc2cc(-c3ccccc3)[nH]c12. The van der Waals surface area contributed by atoms with Gasteiger partial charge in [0.2, 0.25) is 5.82 Å². The number of aromatic nitrogens is 3. The van der Waals surface area contributed by atoms with E-state index in [9.17, 15) is 13.2 Å². The van der Waals surface area contributed by atoms with E-state index in [1.807, 2.05) is 30.3 Å². The lowest BCUT2D eigenvalue weighted by molar-refractivity contribution is -0.144. The third-order valence-corrected chi connectivity index (χ3v) is 3.00. The van der Waals surface area contributed by atoms with Crippen molar-refractivity contribution in [1.29, 1.82) is 0 Å². The Morgan fingerprint density at radius 2 is 1.75 bits per heavy atom. The summed E-state index contributed by atoms with van der Waals surface area (Å²) in [6.07, 6.45) is -4.54. The zero-order valence-corrected chi connectivity index (χ0v) is 10.5. The third-order valence-electron chi connectivity index (χ3n) is 3.00. The maximum absolute atomic E-state index is 12.7. The average Bonchev–Trinajstić information content (AvgIpc) is 2.83. The van der Waals surface area contributed by atoms with Crippen LogP contribution in [0.1, 0.15) is 11.5 Å². The maximum Gasteiger partial charge on any atom is 0.451 e. The zero-order chi connectivity index (χ0) is 14.3. The molecule has 3 rings (SSSR count). The number of hydrogen-bond acceptors (Lipinski definition) is 2. The summed E-state index contributed by atoms with van der Waals surface area (Å²) in [6, 6.07) is 10.9. The predicted octanol–water partition coefficient (Wildman–Crippen LogP) is 3.95. The van der Waals surface area contributed by atoms with Crippen LogP contribution in [0.15, 0.2) is 36.4 Å². The lowest BCUT2D eigenvalue weighted by Gasteiger charge is -2.05. The average molecular weight is 277 g/mol. The van der Waals surface area contributed by atoms with Gasteiger partial charge in [-0.05, 0) is 18.6 Å². The van der Waals surface area contributed by atoms with Crippen LogP contribution in [0.3, 0.4) is 0 Å². The molecular weight excluding hydrogens is 267 g/mol. The van der Waals surface area contributed by atoms with Crippen molar-refractivity contribution in [1.82, 2.24) is 15.0 Å². The van der Waals surface area contributed by atoms with Gasteiger partial charge in [-0.3, -0.25) is 0 Å². The van der Waals surface area contributed by atoms with Crippen molar-refractivity contribution >= 4 is 11.0 Å². The number of halogens is 3. The quantitative estimate of drug-likeness (QED) is 0.731. The second-order valence-corrected chi connectivity index (χ2v) is 4.44. The van der Waals surface area contributed by atoms with Crippen LogP contribution in [0.25, 0.3) is 22.3 Å². The number of alkyl halides is 3. The Labute approximate surface area is 112 Å². The Kier molecular flexibility index (Phi) is 2.74. The summed E-state index contributed by atoms with van der Waals surface area (Å²) in [6.45, 7) is 1.53. The molecule has 0 amide bonds. The summed E-state index contributed by atoms with van der Waals surface area (Å²) in [5.41, 5.74) is 2.68. The molecule has 0 fully saturated rings. The molecule has 0 saturated carbocycles. The molecule has 0 saturated heterocycles. The molecule has 0 bridgehead atoms. The van der Waals surface area contributed by atoms with Crippen LogP contribution < -0.4 is 0 Å². The van der Waals surface area contributed by atoms with Crippen LogP contribution in [-0.4, -0.2) is 15.0 Å². The van der Waals surface area contributed by atoms with Crippen molar-refractivity contribution in [3.05, 3.63) is 47.9 Å². The van der Waals surface area contributed by atoms with Gasteiger partial charge in [0.15, 0.2) is 0 Å². The van der Waals surface area contributed by atoms with Gasteiger partial charge in [0.1, 0.15) is 0 Å². The van der Waals surface area contributed by atoms with Gasteiger partial charge in [-0.1, -0.05) is 30.3 Å². The molecule has 0 aliphatic heterocycles. The van der Waals surface area contributed by atoms with Crippen LogP contribution in [0.5, 0.6) is 0 Å². The van der Waals surface area contributed by atoms with Gasteiger partial charge >= 0.3 is 6.18 Å². The first-order valence-corrected chi connectivity index (χ1v) is 5.95. The summed E-state index contributed by atoms with van der Waals surface area (Å²) in [7, 11) is 0. The van der Waals surface area contributed by atoms with E-state index in [4.69, 9.17) is 0 Å². The summed E-state index contributed by atoms with van der Waals surface area (Å²) < 4.78 is 38.1. The van der Waals surface area contributed by atoms with Crippen LogP contribution in [0, 0.1) is 6.92 Å². The number of aryl methyl sites for hydroxylation is 1. The number of fused-ring (bicyclic) bond motifs is 1. The highest BCUT2D eigenvalue weighted by Gasteiger charge is 2.35. The largest absolute Gasteiger partial charge is 0.451 e. The van der Waals surface area contributed by atoms with Crippen LogP contribution in [0.4, 0.5) is 13.2 Å². The van der Waals surface area contributed by atoms with E-state index in [2.05, 4.69) is 15.0 Å². The van der Waals surface area contributed by atoms with Gasteiger partial charge in [0, 0.05) is 5.69 Å². The summed E-state index contributed by atoms with van der Waals surface area (Å²) in [5.74, 6) is -1.11. The number of hydrogen-bond donors (Lipinski definition) is 1. The Hall–Kier alpha value is -2.37. The molecule has 0 aliphatic carbocycles. The topological polar surface area (TPSA) is 41.6 Å². The maximum atomic E-state index is 12.7. The van der Waals surface area contributed by atoms with Crippen molar-refractivity contribution in [3.63, 3.8) is 0 Å². The lowest BCUT2D eigenvalue weighted by atomic mass is 10.2. The van der Waals surface area contributed by atoms with E-state index in [0.29, 0.717) is 5.52 Å². The molecule has 2 heterocycles. The summed E-state index contributed by atoms with van der Waals surface area (Å²) in [4.78, 5) is 10.2. The molecule has 1 N–H and O–H groups in total. The van der Waals surface area contributed by atoms with Gasteiger partial charge in [-0.2, -0.15) is 13.2 Å². The molecule has 6 heteroatoms. The fourth-order valence-electron chi connectivity index (χ4n) is 2.06. The Morgan fingerprint density at radius 1 is 1.05 bits per heavy atom. The van der Waals surface area contributed by atoms with E-state index >= 15 is 0 Å². The van der Waals surface area contributed by atoms with Crippen LogP contribution in [-0.2, 0) is 6.18 Å². The molecule has 0 radical (unpaired) electrons. The molecule has 0 unspecified atom stereocenters. The Bertz CT molecular complexity index is 760. The fraction of sp³-hybridized carbons (Fsp3) is 0.143. The minimum absolute atomic E-state index is 0.267. The minimum Gasteiger partial charge on any atom is -0.352 e. The molecule has 0 spiro atoms. The van der Waals surface area contributed by atoms with Crippen molar-refractivity contribution in [2.24, 2.45) is 0 Å². The highest BCUT2D eigenvalue weighted by atomic mass is 19.4. The van der Waals surface area contributed by atoms with Gasteiger partial charge in [-0.25, -0.2) is 9.97 Å². The number of benzene rings is 1.